The van der Waals surface area contributed by atoms with Gasteiger partial charge in [-0.3, -0.25) is 9.59 Å². The number of nitrogens with one attached hydrogen (secondary N) is 1. The lowest BCUT2D eigenvalue weighted by atomic mass is 9.86. The summed E-state index contributed by atoms with van der Waals surface area (Å²) in [7, 11) is 3.14. The van der Waals surface area contributed by atoms with E-state index >= 15 is 0 Å². The summed E-state index contributed by atoms with van der Waals surface area (Å²) in [5, 5.41) is 3.18. The molecule has 3 rings (SSSR count). The first-order chi connectivity index (χ1) is 14.1. The number of carbonyl (C=O) groups is 2. The van der Waals surface area contributed by atoms with Crippen molar-refractivity contribution >= 4 is 11.8 Å². The molecule has 29 heavy (non-hydrogen) atoms. The molecule has 1 aliphatic heterocycles. The summed E-state index contributed by atoms with van der Waals surface area (Å²) >= 11 is 0. The molecule has 0 atom stereocenters. The van der Waals surface area contributed by atoms with Crippen molar-refractivity contribution in [1.29, 1.82) is 0 Å². The molecule has 0 spiro atoms. The van der Waals surface area contributed by atoms with E-state index in [1.165, 1.54) is 32.1 Å². The quantitative estimate of drug-likeness (QED) is 0.754. The van der Waals surface area contributed by atoms with E-state index in [2.05, 4.69) is 5.32 Å². The minimum atomic E-state index is -0.00646. The Morgan fingerprint density at radius 3 is 2.34 bits per heavy atom. The van der Waals surface area contributed by atoms with E-state index in [4.69, 9.17) is 9.47 Å². The van der Waals surface area contributed by atoms with Gasteiger partial charge in [0.1, 0.15) is 0 Å². The lowest BCUT2D eigenvalue weighted by Crippen LogP contribution is -2.46. The minimum absolute atomic E-state index is 0.00646. The predicted molar refractivity (Wildman–Crippen MR) is 112 cm³/mol. The number of hydrogen-bond donors (Lipinski definition) is 1. The number of carbonyl (C=O) groups excluding carboxylic acids is 2. The number of benzene rings is 1. The fourth-order valence-corrected chi connectivity index (χ4v) is 4.49. The molecule has 160 valence electrons. The number of rotatable bonds is 7. The monoisotopic (exact) mass is 402 g/mol. The fourth-order valence-electron chi connectivity index (χ4n) is 4.49. The molecular weight excluding hydrogens is 368 g/mol. The lowest BCUT2D eigenvalue weighted by Gasteiger charge is -2.32. The van der Waals surface area contributed by atoms with Crippen molar-refractivity contribution in [1.82, 2.24) is 10.2 Å². The Labute approximate surface area is 173 Å². The van der Waals surface area contributed by atoms with Gasteiger partial charge in [0.25, 0.3) is 5.91 Å². The molecule has 1 heterocycles. The van der Waals surface area contributed by atoms with E-state index in [-0.39, 0.29) is 17.9 Å². The third-order valence-corrected chi connectivity index (χ3v) is 6.28. The van der Waals surface area contributed by atoms with E-state index in [0.29, 0.717) is 36.6 Å². The Balaban J connectivity index is 1.43. The molecule has 2 fully saturated rings. The molecular formula is C23H34N2O4. The van der Waals surface area contributed by atoms with Crippen molar-refractivity contribution in [3.63, 3.8) is 0 Å². The van der Waals surface area contributed by atoms with E-state index in [9.17, 15) is 9.59 Å². The Bertz CT molecular complexity index is 692. The summed E-state index contributed by atoms with van der Waals surface area (Å²) < 4.78 is 10.5. The molecule has 0 aromatic heterocycles. The lowest BCUT2D eigenvalue weighted by molar-refractivity contribution is -0.122. The predicted octanol–water partition coefficient (Wildman–Crippen LogP) is 3.79. The summed E-state index contributed by atoms with van der Waals surface area (Å²) in [5.41, 5.74) is 0.595. The van der Waals surface area contributed by atoms with Crippen LogP contribution >= 0.6 is 0 Å². The summed E-state index contributed by atoms with van der Waals surface area (Å²) in [6.45, 7) is 1.31. The second-order valence-electron chi connectivity index (χ2n) is 8.25. The molecule has 6 nitrogen and oxygen atoms in total. The molecule has 6 heteroatoms. The summed E-state index contributed by atoms with van der Waals surface area (Å²) in [6.07, 6.45) is 9.80. The van der Waals surface area contributed by atoms with Crippen LogP contribution in [0, 0.1) is 5.92 Å². The zero-order chi connectivity index (χ0) is 20.6. The van der Waals surface area contributed by atoms with Gasteiger partial charge >= 0.3 is 0 Å². The number of ether oxygens (including phenoxy) is 2. The maximum atomic E-state index is 12.8. The number of hydrogen-bond acceptors (Lipinski definition) is 4. The van der Waals surface area contributed by atoms with E-state index in [0.717, 1.165) is 25.2 Å². The number of nitrogens with zero attached hydrogens (tertiary/aromatic N) is 1. The van der Waals surface area contributed by atoms with Gasteiger partial charge in [0.05, 0.1) is 14.2 Å². The number of methoxy groups -OCH3 is 2. The topological polar surface area (TPSA) is 67.9 Å². The van der Waals surface area contributed by atoms with Crippen LogP contribution in [-0.4, -0.2) is 50.1 Å². The van der Waals surface area contributed by atoms with Crippen LogP contribution in [0.25, 0.3) is 0 Å². The van der Waals surface area contributed by atoms with Gasteiger partial charge in [0, 0.05) is 31.1 Å². The van der Waals surface area contributed by atoms with Gasteiger partial charge in [0.2, 0.25) is 5.91 Å². The van der Waals surface area contributed by atoms with Crippen LogP contribution in [0.3, 0.4) is 0 Å². The molecule has 1 aromatic carbocycles. The normalized spacial score (nSPS) is 18.3. The van der Waals surface area contributed by atoms with Gasteiger partial charge in [-0.1, -0.05) is 32.1 Å². The summed E-state index contributed by atoms with van der Waals surface area (Å²) in [5.74, 6) is 2.06. The highest BCUT2D eigenvalue weighted by molar-refractivity contribution is 5.95. The zero-order valence-electron chi connectivity index (χ0n) is 17.7. The first-order valence-electron chi connectivity index (χ1n) is 10.9. The van der Waals surface area contributed by atoms with Crippen LogP contribution in [0.2, 0.25) is 0 Å². The highest BCUT2D eigenvalue weighted by atomic mass is 16.5. The number of amides is 2. The third-order valence-electron chi connectivity index (χ3n) is 6.28. The molecule has 0 unspecified atom stereocenters. The largest absolute Gasteiger partial charge is 0.493 e. The van der Waals surface area contributed by atoms with Crippen LogP contribution < -0.4 is 14.8 Å². The van der Waals surface area contributed by atoms with Crippen molar-refractivity contribution in [2.75, 3.05) is 27.3 Å². The summed E-state index contributed by atoms with van der Waals surface area (Å²) in [6, 6.07) is 5.41. The van der Waals surface area contributed by atoms with Crippen molar-refractivity contribution in [3.8, 4) is 11.5 Å². The van der Waals surface area contributed by atoms with Crippen LogP contribution in [0.4, 0.5) is 0 Å². The van der Waals surface area contributed by atoms with Crippen molar-refractivity contribution in [2.45, 2.75) is 63.8 Å². The van der Waals surface area contributed by atoms with Crippen molar-refractivity contribution < 1.29 is 19.1 Å². The molecule has 1 saturated heterocycles. The highest BCUT2D eigenvalue weighted by Crippen LogP contribution is 2.29. The van der Waals surface area contributed by atoms with Gasteiger partial charge in [0.15, 0.2) is 11.5 Å². The highest BCUT2D eigenvalue weighted by Gasteiger charge is 2.25. The molecule has 2 aliphatic rings. The first kappa shape index (κ1) is 21.5. The van der Waals surface area contributed by atoms with E-state index in [1.807, 2.05) is 4.90 Å². The number of piperidine rings is 1. The Morgan fingerprint density at radius 1 is 1.00 bits per heavy atom. The Kier molecular flexibility index (Phi) is 7.78. The van der Waals surface area contributed by atoms with Gasteiger partial charge in [-0.25, -0.2) is 0 Å². The fraction of sp³-hybridized carbons (Fsp3) is 0.652. The van der Waals surface area contributed by atoms with Crippen LogP contribution in [0.5, 0.6) is 11.5 Å². The van der Waals surface area contributed by atoms with Crippen LogP contribution in [-0.2, 0) is 4.79 Å². The maximum absolute atomic E-state index is 12.8. The molecule has 2 amide bonds. The standard InChI is InChI=1S/C23H34N2O4/c1-28-20-10-9-18(16-21(20)29-2)23(27)25-14-12-19(13-15-25)24-22(26)11-8-17-6-4-3-5-7-17/h9-10,16-17,19H,3-8,11-15H2,1-2H3,(H,24,26). The van der Waals surface area contributed by atoms with Gasteiger partial charge in [-0.2, -0.15) is 0 Å². The van der Waals surface area contributed by atoms with Crippen molar-refractivity contribution in [2.24, 2.45) is 5.92 Å². The first-order valence-corrected chi connectivity index (χ1v) is 10.9. The van der Waals surface area contributed by atoms with E-state index in [1.54, 1.807) is 32.4 Å². The average molecular weight is 403 g/mol. The van der Waals surface area contributed by atoms with Gasteiger partial charge < -0.3 is 19.7 Å². The molecule has 1 aliphatic carbocycles. The second-order valence-corrected chi connectivity index (χ2v) is 8.25. The third kappa shape index (κ3) is 5.87. The molecule has 1 aromatic rings. The second kappa shape index (κ2) is 10.5. The Morgan fingerprint density at radius 2 is 1.69 bits per heavy atom. The van der Waals surface area contributed by atoms with Crippen LogP contribution in [0.1, 0.15) is 68.1 Å². The molecule has 1 saturated carbocycles. The minimum Gasteiger partial charge on any atom is -0.493 e. The van der Waals surface area contributed by atoms with Gasteiger partial charge in [-0.15, -0.1) is 0 Å². The zero-order valence-corrected chi connectivity index (χ0v) is 17.7. The molecule has 1 N–H and O–H groups in total. The van der Waals surface area contributed by atoms with Crippen molar-refractivity contribution in [3.05, 3.63) is 23.8 Å². The summed E-state index contributed by atoms with van der Waals surface area (Å²) in [4.78, 5) is 27.0. The smallest absolute Gasteiger partial charge is 0.253 e. The van der Waals surface area contributed by atoms with Crippen LogP contribution in [0.15, 0.2) is 18.2 Å². The van der Waals surface area contributed by atoms with E-state index < -0.39 is 0 Å². The van der Waals surface area contributed by atoms with Gasteiger partial charge in [-0.05, 0) is 43.4 Å². The SMILES string of the molecule is COc1ccc(C(=O)N2CCC(NC(=O)CCC3CCCCC3)CC2)cc1OC. The number of likely N-dealkylation sites (tertiary alicyclic amines) is 1. The Hall–Kier alpha value is -2.24. The maximum Gasteiger partial charge on any atom is 0.253 e. The molecule has 0 radical (unpaired) electrons. The molecule has 0 bridgehead atoms. The average Bonchev–Trinajstić information content (AvgIpc) is 2.78.